The Balaban J connectivity index is 1.44. The number of ether oxygens (including phenoxy) is 2. The van der Waals surface area contributed by atoms with Gasteiger partial charge in [-0.3, -0.25) is 4.79 Å². The molecule has 35 heavy (non-hydrogen) atoms. The molecule has 0 aliphatic heterocycles. The van der Waals surface area contributed by atoms with Crippen molar-refractivity contribution in [2.24, 2.45) is 0 Å². The monoisotopic (exact) mass is 492 g/mol. The second kappa shape index (κ2) is 12.1. The predicted octanol–water partition coefficient (Wildman–Crippen LogP) is 5.04. The van der Waals surface area contributed by atoms with Crippen molar-refractivity contribution in [3.63, 3.8) is 0 Å². The van der Waals surface area contributed by atoms with E-state index in [1.807, 2.05) is 59.2 Å². The molecule has 3 aromatic carbocycles. The van der Waals surface area contributed by atoms with Crippen molar-refractivity contribution in [2.45, 2.75) is 18.3 Å². The number of halogens is 1. The van der Waals surface area contributed by atoms with Crippen LogP contribution in [0.1, 0.15) is 5.82 Å². The third-order valence-corrected chi connectivity index (χ3v) is 6.05. The minimum absolute atomic E-state index is 0.0966. The number of benzene rings is 3. The van der Waals surface area contributed by atoms with Gasteiger partial charge < -0.3 is 19.4 Å². The van der Waals surface area contributed by atoms with Gasteiger partial charge in [0.05, 0.1) is 12.4 Å². The van der Waals surface area contributed by atoms with E-state index in [0.29, 0.717) is 29.8 Å². The number of nitrogens with one attached hydrogen (secondary N) is 1. The third-order valence-electron chi connectivity index (χ3n) is 5.08. The summed E-state index contributed by atoms with van der Waals surface area (Å²) >= 11 is 1.24. The van der Waals surface area contributed by atoms with Crippen LogP contribution in [0.2, 0.25) is 0 Å². The quantitative estimate of drug-likeness (QED) is 0.296. The van der Waals surface area contributed by atoms with E-state index in [0.717, 1.165) is 16.9 Å². The lowest BCUT2D eigenvalue weighted by Crippen LogP contribution is -2.16. The summed E-state index contributed by atoms with van der Waals surface area (Å²) < 4.78 is 26.6. The minimum Gasteiger partial charge on any atom is -0.485 e. The van der Waals surface area contributed by atoms with E-state index in [4.69, 9.17) is 9.47 Å². The molecule has 0 aliphatic rings. The molecule has 4 aromatic rings. The highest BCUT2D eigenvalue weighted by atomic mass is 32.2. The van der Waals surface area contributed by atoms with Crippen LogP contribution in [0.25, 0.3) is 11.1 Å². The molecule has 0 atom stereocenters. The summed E-state index contributed by atoms with van der Waals surface area (Å²) in [6.07, 6.45) is 0. The summed E-state index contributed by atoms with van der Waals surface area (Å²) in [6.45, 7) is 1.17. The maximum atomic E-state index is 13.4. The smallest absolute Gasteiger partial charge is 0.234 e. The van der Waals surface area contributed by atoms with Gasteiger partial charge in [0.2, 0.25) is 5.91 Å². The molecule has 1 N–H and O–H groups in total. The van der Waals surface area contributed by atoms with Gasteiger partial charge in [-0.25, -0.2) is 4.39 Å². The van der Waals surface area contributed by atoms with Crippen molar-refractivity contribution >= 4 is 23.4 Å². The summed E-state index contributed by atoms with van der Waals surface area (Å²) in [5.74, 6) is 0.783. The number of para-hydroxylation sites is 1. The molecule has 0 spiro atoms. The highest BCUT2D eigenvalue weighted by Gasteiger charge is 2.16. The van der Waals surface area contributed by atoms with Gasteiger partial charge in [0.1, 0.15) is 18.2 Å². The molecule has 0 saturated heterocycles. The van der Waals surface area contributed by atoms with Crippen LogP contribution in [-0.4, -0.2) is 40.1 Å². The van der Waals surface area contributed by atoms with Gasteiger partial charge in [0.25, 0.3) is 0 Å². The molecule has 0 unspecified atom stereocenters. The molecule has 0 bridgehead atoms. The zero-order valence-corrected chi connectivity index (χ0v) is 20.0. The van der Waals surface area contributed by atoms with E-state index < -0.39 is 5.82 Å². The fraction of sp³-hybridized carbons (Fsp3) is 0.192. The molecule has 1 aromatic heterocycles. The number of anilines is 1. The van der Waals surface area contributed by atoms with Crippen LogP contribution in [0.5, 0.6) is 5.75 Å². The van der Waals surface area contributed by atoms with Crippen LogP contribution in [0.4, 0.5) is 10.1 Å². The molecule has 180 valence electrons. The lowest BCUT2D eigenvalue weighted by Gasteiger charge is -2.13. The van der Waals surface area contributed by atoms with E-state index in [1.165, 1.54) is 23.9 Å². The summed E-state index contributed by atoms with van der Waals surface area (Å²) in [7, 11) is 1.62. The summed E-state index contributed by atoms with van der Waals surface area (Å²) in [4.78, 5) is 12.4. The number of carbonyl (C=O) groups excluding carboxylic acids is 1. The van der Waals surface area contributed by atoms with Crippen LogP contribution < -0.4 is 10.1 Å². The fourth-order valence-electron chi connectivity index (χ4n) is 3.42. The van der Waals surface area contributed by atoms with E-state index in [9.17, 15) is 9.18 Å². The first-order valence-electron chi connectivity index (χ1n) is 11.0. The minimum atomic E-state index is -0.409. The molecule has 0 saturated carbocycles. The van der Waals surface area contributed by atoms with Gasteiger partial charge in [-0.2, -0.15) is 0 Å². The Bertz CT molecular complexity index is 1270. The zero-order valence-electron chi connectivity index (χ0n) is 19.2. The topological polar surface area (TPSA) is 78.3 Å². The molecule has 0 fully saturated rings. The number of aromatic nitrogens is 3. The maximum Gasteiger partial charge on any atom is 0.234 e. The van der Waals surface area contributed by atoms with Crippen LogP contribution in [0.3, 0.4) is 0 Å². The summed E-state index contributed by atoms with van der Waals surface area (Å²) in [5, 5.41) is 11.8. The van der Waals surface area contributed by atoms with Crippen molar-refractivity contribution in [2.75, 3.05) is 24.8 Å². The Hall–Kier alpha value is -3.69. The fourth-order valence-corrected chi connectivity index (χ4v) is 4.21. The number of rotatable bonds is 11. The first-order chi connectivity index (χ1) is 17.1. The number of hydrogen-bond acceptors (Lipinski definition) is 6. The van der Waals surface area contributed by atoms with E-state index in [2.05, 4.69) is 15.5 Å². The number of thioether (sulfide) groups is 1. The van der Waals surface area contributed by atoms with E-state index >= 15 is 0 Å². The molecule has 1 amide bonds. The standard InChI is InChI=1S/C26H25FN4O3S/c1-33-15-14-31-24(17-34-23-13-6-5-12-22(23)19-8-3-2-4-9-19)29-30-26(31)35-18-25(32)28-21-11-7-10-20(27)16-21/h2-13,16H,14-15,17-18H2,1H3,(H,28,32). The highest BCUT2D eigenvalue weighted by Crippen LogP contribution is 2.30. The number of amides is 1. The molecule has 7 nitrogen and oxygen atoms in total. The van der Waals surface area contributed by atoms with Crippen LogP contribution >= 0.6 is 11.8 Å². The third kappa shape index (κ3) is 6.68. The largest absolute Gasteiger partial charge is 0.485 e. The van der Waals surface area contributed by atoms with Crippen molar-refractivity contribution in [3.8, 4) is 16.9 Å². The van der Waals surface area contributed by atoms with Crippen LogP contribution in [0, 0.1) is 5.82 Å². The maximum absolute atomic E-state index is 13.4. The zero-order chi connectivity index (χ0) is 24.5. The Labute approximate surface area is 207 Å². The first kappa shape index (κ1) is 24.4. The molecule has 0 aliphatic carbocycles. The Morgan fingerprint density at radius 3 is 2.63 bits per heavy atom. The predicted molar refractivity (Wildman–Crippen MR) is 134 cm³/mol. The van der Waals surface area contributed by atoms with Gasteiger partial charge >= 0.3 is 0 Å². The van der Waals surface area contributed by atoms with Crippen molar-refractivity contribution in [3.05, 3.63) is 90.5 Å². The SMILES string of the molecule is COCCn1c(COc2ccccc2-c2ccccc2)nnc1SCC(=O)Nc1cccc(F)c1. The average Bonchev–Trinajstić information content (AvgIpc) is 3.27. The lowest BCUT2D eigenvalue weighted by molar-refractivity contribution is -0.113. The van der Waals surface area contributed by atoms with Crippen molar-refractivity contribution in [1.82, 2.24) is 14.8 Å². The van der Waals surface area contributed by atoms with Crippen LogP contribution in [-0.2, 0) is 22.7 Å². The Morgan fingerprint density at radius 1 is 1.03 bits per heavy atom. The van der Waals surface area contributed by atoms with Gasteiger partial charge in [-0.1, -0.05) is 66.4 Å². The van der Waals surface area contributed by atoms with Gasteiger partial charge in [-0.15, -0.1) is 10.2 Å². The normalized spacial score (nSPS) is 10.8. The number of methoxy groups -OCH3 is 1. The highest BCUT2D eigenvalue weighted by molar-refractivity contribution is 7.99. The molecular formula is C26H25FN4O3S. The van der Waals surface area contributed by atoms with E-state index in [1.54, 1.807) is 19.2 Å². The summed E-state index contributed by atoms with van der Waals surface area (Å²) in [5.41, 5.74) is 2.45. The van der Waals surface area contributed by atoms with Gasteiger partial charge in [0.15, 0.2) is 11.0 Å². The van der Waals surface area contributed by atoms with Crippen molar-refractivity contribution in [1.29, 1.82) is 0 Å². The number of carbonyl (C=O) groups is 1. The summed E-state index contributed by atoms with van der Waals surface area (Å²) in [6, 6.07) is 23.6. The van der Waals surface area contributed by atoms with Gasteiger partial charge in [0, 0.05) is 24.9 Å². The van der Waals surface area contributed by atoms with Crippen molar-refractivity contribution < 1.29 is 18.7 Å². The van der Waals surface area contributed by atoms with Gasteiger partial charge in [-0.05, 0) is 29.8 Å². The van der Waals surface area contributed by atoms with Crippen LogP contribution in [0.15, 0.2) is 84.0 Å². The second-order valence-corrected chi connectivity index (χ2v) is 8.48. The number of hydrogen-bond donors (Lipinski definition) is 1. The Morgan fingerprint density at radius 2 is 1.83 bits per heavy atom. The first-order valence-corrected chi connectivity index (χ1v) is 12.0. The van der Waals surface area contributed by atoms with E-state index in [-0.39, 0.29) is 18.3 Å². The molecular weight excluding hydrogens is 467 g/mol. The molecule has 0 radical (unpaired) electrons. The molecule has 4 rings (SSSR count). The molecule has 9 heteroatoms. The lowest BCUT2D eigenvalue weighted by atomic mass is 10.1. The molecule has 1 heterocycles. The average molecular weight is 493 g/mol. The second-order valence-electron chi connectivity index (χ2n) is 7.54. The Kier molecular flexibility index (Phi) is 8.48. The number of nitrogens with zero attached hydrogens (tertiary/aromatic N) is 3.